The molecule has 3 heteroatoms. The molecule has 0 saturated carbocycles. The van der Waals surface area contributed by atoms with Crippen LogP contribution in [-0.2, 0) is 0 Å². The highest BCUT2D eigenvalue weighted by Gasteiger charge is 2.20. The summed E-state index contributed by atoms with van der Waals surface area (Å²) in [5, 5.41) is 3.77. The lowest BCUT2D eigenvalue weighted by Gasteiger charge is -2.29. The second kappa shape index (κ2) is 4.65. The van der Waals surface area contributed by atoms with E-state index in [2.05, 4.69) is 29.9 Å². The molecule has 1 aromatic carbocycles. The van der Waals surface area contributed by atoms with Gasteiger partial charge in [0.1, 0.15) is 0 Å². The zero-order valence-corrected chi connectivity index (χ0v) is 11.8. The maximum Gasteiger partial charge on any atom is 0.0415 e. The Hall–Kier alpha value is -0.490. The smallest absolute Gasteiger partial charge is 0.0415 e. The molecule has 2 aromatic rings. The lowest BCUT2D eigenvalue weighted by Crippen LogP contribution is -2.29. The zero-order chi connectivity index (χ0) is 11.8. The van der Waals surface area contributed by atoms with Crippen LogP contribution in [0, 0.1) is 0 Å². The Morgan fingerprint density at radius 2 is 2.06 bits per heavy atom. The first-order chi connectivity index (χ1) is 8.24. The molecule has 1 nitrogen and oxygen atoms in total. The monoisotopic (exact) mass is 265 g/mol. The highest BCUT2D eigenvalue weighted by Crippen LogP contribution is 2.39. The van der Waals surface area contributed by atoms with Crippen molar-refractivity contribution in [1.29, 1.82) is 0 Å². The zero-order valence-electron chi connectivity index (χ0n) is 10.0. The Bertz CT molecular complexity index is 526. The van der Waals surface area contributed by atoms with Gasteiger partial charge in [-0.25, -0.2) is 0 Å². The molecule has 0 N–H and O–H groups in total. The number of hydrogen-bond donors (Lipinski definition) is 0. The number of likely N-dealkylation sites (tertiary alicyclic amines) is 1. The molecule has 1 saturated heterocycles. The van der Waals surface area contributed by atoms with Crippen LogP contribution in [0.5, 0.6) is 0 Å². The summed E-state index contributed by atoms with van der Waals surface area (Å²) < 4.78 is 0. The van der Waals surface area contributed by atoms with Gasteiger partial charge in [-0.15, -0.1) is 8.19 Å². The largest absolute Gasteiger partial charge is 0.306 e. The third kappa shape index (κ3) is 2.25. The lowest BCUT2D eigenvalue weighted by atomic mass is 9.89. The summed E-state index contributed by atoms with van der Waals surface area (Å²) in [6.07, 6.45) is 2.60. The molecule has 0 bridgehead atoms. The standard InChI is InChI=1S/C14H17ClNP/c1-16-6-4-10(5-7-16)13-9-17-14-8-11(15)2-3-12(13)14/h2-3,8-10,17H,4-7H2,1H3. The van der Waals surface area contributed by atoms with E-state index < -0.39 is 0 Å². The normalized spacial score (nSPS) is 19.4. The lowest BCUT2D eigenvalue weighted by molar-refractivity contribution is 0.256. The molecule has 0 aliphatic carbocycles. The van der Waals surface area contributed by atoms with E-state index in [1.54, 1.807) is 5.56 Å². The van der Waals surface area contributed by atoms with Crippen LogP contribution >= 0.6 is 19.8 Å². The van der Waals surface area contributed by atoms with E-state index >= 15 is 0 Å². The Labute approximate surface area is 109 Å². The Morgan fingerprint density at radius 3 is 2.82 bits per heavy atom. The van der Waals surface area contributed by atoms with Crippen LogP contribution in [0.4, 0.5) is 0 Å². The van der Waals surface area contributed by atoms with Gasteiger partial charge in [0.05, 0.1) is 0 Å². The van der Waals surface area contributed by atoms with E-state index in [0.717, 1.165) is 19.1 Å². The second-order valence-electron chi connectivity index (χ2n) is 5.01. The van der Waals surface area contributed by atoms with Gasteiger partial charge in [0.15, 0.2) is 0 Å². The predicted octanol–water partition coefficient (Wildman–Crippen LogP) is 4.33. The number of rotatable bonds is 1. The Morgan fingerprint density at radius 1 is 1.29 bits per heavy atom. The van der Waals surface area contributed by atoms with Gasteiger partial charge >= 0.3 is 0 Å². The highest BCUT2D eigenvalue weighted by molar-refractivity contribution is 7.36. The molecule has 1 atom stereocenters. The predicted molar refractivity (Wildman–Crippen MR) is 77.9 cm³/mol. The summed E-state index contributed by atoms with van der Waals surface area (Å²) >= 11 is 6.05. The van der Waals surface area contributed by atoms with Crippen molar-refractivity contribution in [3.05, 3.63) is 34.6 Å². The minimum absolute atomic E-state index is 0.765. The first-order valence-corrected chi connectivity index (χ1v) is 7.64. The fraction of sp³-hybridized carbons (Fsp3) is 0.429. The topological polar surface area (TPSA) is 3.24 Å². The summed E-state index contributed by atoms with van der Waals surface area (Å²) in [5.74, 6) is 3.21. The van der Waals surface area contributed by atoms with E-state index in [1.807, 2.05) is 6.07 Å². The fourth-order valence-electron chi connectivity index (χ4n) is 2.78. The molecule has 1 aromatic heterocycles. The van der Waals surface area contributed by atoms with Gasteiger partial charge < -0.3 is 4.90 Å². The molecular formula is C14H17ClNP. The van der Waals surface area contributed by atoms with Crippen molar-refractivity contribution in [1.82, 2.24) is 4.90 Å². The summed E-state index contributed by atoms with van der Waals surface area (Å²) in [6.45, 7) is 2.46. The van der Waals surface area contributed by atoms with E-state index in [-0.39, 0.29) is 0 Å². The molecule has 0 spiro atoms. The van der Waals surface area contributed by atoms with Crippen LogP contribution in [0.1, 0.15) is 24.3 Å². The van der Waals surface area contributed by atoms with Gasteiger partial charge in [-0.05, 0) is 72.9 Å². The SMILES string of the molecule is CN1CCC(c2c[pH]c3cc(Cl)ccc23)CC1. The van der Waals surface area contributed by atoms with Gasteiger partial charge in [0, 0.05) is 5.02 Å². The number of benzene rings is 1. The van der Waals surface area contributed by atoms with Gasteiger partial charge in [-0.2, -0.15) is 0 Å². The molecule has 3 rings (SSSR count). The summed E-state index contributed by atoms with van der Waals surface area (Å²) in [7, 11) is 3.03. The molecular weight excluding hydrogens is 249 g/mol. The first kappa shape index (κ1) is 11.6. The van der Waals surface area contributed by atoms with Gasteiger partial charge in [0.25, 0.3) is 0 Å². The molecule has 1 fully saturated rings. The van der Waals surface area contributed by atoms with Crippen molar-refractivity contribution in [2.24, 2.45) is 0 Å². The minimum atomic E-state index is 0.765. The molecule has 1 aliphatic rings. The fourth-order valence-corrected chi connectivity index (χ4v) is 4.37. The van der Waals surface area contributed by atoms with Crippen LogP contribution in [-0.4, -0.2) is 25.0 Å². The van der Waals surface area contributed by atoms with Gasteiger partial charge in [-0.1, -0.05) is 17.7 Å². The number of nitrogens with zero attached hydrogens (tertiary/aromatic N) is 1. The van der Waals surface area contributed by atoms with Gasteiger partial charge in [0.2, 0.25) is 0 Å². The highest BCUT2D eigenvalue weighted by atomic mass is 35.5. The van der Waals surface area contributed by atoms with E-state index in [1.165, 1.54) is 36.4 Å². The summed E-state index contributed by atoms with van der Waals surface area (Å²) in [5.41, 5.74) is 1.59. The maximum atomic E-state index is 6.05. The van der Waals surface area contributed by atoms with Crippen LogP contribution in [0.15, 0.2) is 24.0 Å². The minimum Gasteiger partial charge on any atom is -0.306 e. The summed E-state index contributed by atoms with van der Waals surface area (Å²) in [6, 6.07) is 6.37. The van der Waals surface area contributed by atoms with Crippen LogP contribution in [0.2, 0.25) is 5.02 Å². The van der Waals surface area contributed by atoms with Crippen molar-refractivity contribution in [2.45, 2.75) is 18.8 Å². The quantitative estimate of drug-likeness (QED) is 0.742. The number of fused-ring (bicyclic) bond motifs is 1. The maximum absolute atomic E-state index is 6.05. The van der Waals surface area contributed by atoms with Crippen LogP contribution in [0.25, 0.3) is 10.5 Å². The molecule has 2 heterocycles. The molecule has 1 aliphatic heterocycles. The molecule has 0 amide bonds. The average molecular weight is 266 g/mol. The number of hydrogen-bond acceptors (Lipinski definition) is 1. The first-order valence-electron chi connectivity index (χ1n) is 6.19. The Kier molecular flexibility index (Phi) is 3.17. The van der Waals surface area contributed by atoms with Crippen LogP contribution < -0.4 is 0 Å². The van der Waals surface area contributed by atoms with Crippen molar-refractivity contribution in [3.8, 4) is 0 Å². The third-order valence-electron chi connectivity index (χ3n) is 3.83. The second-order valence-corrected chi connectivity index (χ2v) is 6.56. The summed E-state index contributed by atoms with van der Waals surface area (Å²) in [4.78, 5) is 2.43. The number of piperidine rings is 1. The van der Waals surface area contributed by atoms with Crippen molar-refractivity contribution < 1.29 is 0 Å². The Balaban J connectivity index is 1.95. The van der Waals surface area contributed by atoms with Crippen LogP contribution in [0.3, 0.4) is 0 Å². The van der Waals surface area contributed by atoms with Gasteiger partial charge in [-0.3, -0.25) is 0 Å². The molecule has 90 valence electrons. The van der Waals surface area contributed by atoms with Crippen molar-refractivity contribution >= 4 is 30.3 Å². The molecule has 17 heavy (non-hydrogen) atoms. The average Bonchev–Trinajstić information content (AvgIpc) is 2.73. The molecule has 0 radical (unpaired) electrons. The van der Waals surface area contributed by atoms with Crippen molar-refractivity contribution in [2.75, 3.05) is 20.1 Å². The van der Waals surface area contributed by atoms with E-state index in [0.29, 0.717) is 0 Å². The number of halogens is 1. The third-order valence-corrected chi connectivity index (χ3v) is 5.25. The van der Waals surface area contributed by atoms with E-state index in [4.69, 9.17) is 11.6 Å². The van der Waals surface area contributed by atoms with Crippen molar-refractivity contribution in [3.63, 3.8) is 0 Å². The van der Waals surface area contributed by atoms with E-state index in [9.17, 15) is 0 Å². The molecule has 1 unspecified atom stereocenters.